The Bertz CT molecular complexity index is 716. The average molecular weight is 286 g/mol. The minimum Gasteiger partial charge on any atom is -0.432 e. The van der Waals surface area contributed by atoms with Gasteiger partial charge in [-0.05, 0) is 25.0 Å². The van der Waals surface area contributed by atoms with Gasteiger partial charge in [-0.2, -0.15) is 0 Å². The van der Waals surface area contributed by atoms with Gasteiger partial charge in [-0.15, -0.1) is 0 Å². The van der Waals surface area contributed by atoms with E-state index in [9.17, 15) is 4.79 Å². The van der Waals surface area contributed by atoms with Crippen molar-refractivity contribution in [2.24, 2.45) is 5.73 Å². The van der Waals surface area contributed by atoms with E-state index in [-0.39, 0.29) is 11.4 Å². The molecule has 1 spiro atoms. The standard InChI is InChI=1S/C15H18N4O2/c16-13(20)14-19-10-5-4-9-11(12(10)21-14)15(18-8-17-9)6-2-1-3-7-15/h4-5,17-18H,1-3,6-8H2,(H2,16,20). The van der Waals surface area contributed by atoms with Gasteiger partial charge in [0.1, 0.15) is 5.52 Å². The Morgan fingerprint density at radius 1 is 1.29 bits per heavy atom. The van der Waals surface area contributed by atoms with Crippen molar-refractivity contribution in [2.45, 2.75) is 37.6 Å². The lowest BCUT2D eigenvalue weighted by molar-refractivity contribution is 0.0969. The van der Waals surface area contributed by atoms with Crippen molar-refractivity contribution >= 4 is 22.7 Å². The lowest BCUT2D eigenvalue weighted by atomic mass is 9.75. The highest BCUT2D eigenvalue weighted by molar-refractivity contribution is 5.93. The Labute approximate surface area is 122 Å². The molecule has 21 heavy (non-hydrogen) atoms. The number of carbonyl (C=O) groups is 1. The van der Waals surface area contributed by atoms with Crippen LogP contribution in [0.15, 0.2) is 16.5 Å². The molecule has 1 aromatic carbocycles. The number of anilines is 1. The third-order valence-electron chi connectivity index (χ3n) is 4.66. The van der Waals surface area contributed by atoms with Crippen molar-refractivity contribution in [1.29, 1.82) is 0 Å². The highest BCUT2D eigenvalue weighted by atomic mass is 16.4. The van der Waals surface area contributed by atoms with Crippen LogP contribution in [0.2, 0.25) is 0 Å². The number of rotatable bonds is 1. The Morgan fingerprint density at radius 3 is 2.86 bits per heavy atom. The van der Waals surface area contributed by atoms with E-state index in [1.54, 1.807) is 0 Å². The molecule has 2 aromatic rings. The first-order chi connectivity index (χ1) is 10.2. The van der Waals surface area contributed by atoms with Crippen molar-refractivity contribution in [1.82, 2.24) is 10.3 Å². The number of fused-ring (bicyclic) bond motifs is 4. The van der Waals surface area contributed by atoms with Crippen molar-refractivity contribution in [3.63, 3.8) is 0 Å². The van der Waals surface area contributed by atoms with Crippen LogP contribution in [-0.2, 0) is 5.54 Å². The van der Waals surface area contributed by atoms with Crippen molar-refractivity contribution in [2.75, 3.05) is 12.0 Å². The minimum absolute atomic E-state index is 0.0186. The fraction of sp³-hybridized carbons (Fsp3) is 0.467. The van der Waals surface area contributed by atoms with Gasteiger partial charge in [-0.25, -0.2) is 4.98 Å². The molecule has 1 amide bonds. The highest BCUT2D eigenvalue weighted by Crippen LogP contribution is 2.45. The molecule has 1 aromatic heterocycles. The van der Waals surface area contributed by atoms with Crippen molar-refractivity contribution < 1.29 is 9.21 Å². The summed E-state index contributed by atoms with van der Waals surface area (Å²) in [6, 6.07) is 3.89. The molecule has 0 saturated heterocycles. The molecular weight excluding hydrogens is 268 g/mol. The van der Waals surface area contributed by atoms with Crippen LogP contribution in [0.5, 0.6) is 0 Å². The molecule has 0 unspecified atom stereocenters. The number of hydrogen-bond acceptors (Lipinski definition) is 5. The molecular formula is C15H18N4O2. The zero-order chi connectivity index (χ0) is 14.4. The number of amides is 1. The molecule has 0 bridgehead atoms. The summed E-state index contributed by atoms with van der Waals surface area (Å²) in [5.41, 5.74) is 8.76. The second-order valence-corrected chi connectivity index (χ2v) is 5.89. The second-order valence-electron chi connectivity index (χ2n) is 5.89. The molecule has 0 radical (unpaired) electrons. The average Bonchev–Trinajstić information content (AvgIpc) is 2.92. The van der Waals surface area contributed by atoms with E-state index in [2.05, 4.69) is 15.6 Å². The molecule has 2 aliphatic rings. The van der Waals surface area contributed by atoms with Gasteiger partial charge in [0.25, 0.3) is 5.89 Å². The zero-order valence-corrected chi connectivity index (χ0v) is 11.7. The van der Waals surface area contributed by atoms with Crippen molar-refractivity contribution in [3.05, 3.63) is 23.6 Å². The van der Waals surface area contributed by atoms with E-state index in [4.69, 9.17) is 10.2 Å². The fourth-order valence-electron chi connectivity index (χ4n) is 3.70. The van der Waals surface area contributed by atoms with Gasteiger partial charge in [0.15, 0.2) is 5.58 Å². The summed E-state index contributed by atoms with van der Waals surface area (Å²) in [5.74, 6) is -0.649. The van der Waals surface area contributed by atoms with Crippen molar-refractivity contribution in [3.8, 4) is 0 Å². The van der Waals surface area contributed by atoms with Crippen LogP contribution in [0.4, 0.5) is 5.69 Å². The SMILES string of the molecule is NC(=O)c1nc2ccc3c(c2o1)C1(CCCCC1)NCN3. The Hall–Kier alpha value is -2.08. The van der Waals surface area contributed by atoms with Crippen LogP contribution < -0.4 is 16.4 Å². The van der Waals surface area contributed by atoms with E-state index in [0.29, 0.717) is 11.1 Å². The molecule has 6 heteroatoms. The second kappa shape index (κ2) is 4.46. The molecule has 1 saturated carbocycles. The van der Waals surface area contributed by atoms with E-state index in [0.717, 1.165) is 30.8 Å². The lowest BCUT2D eigenvalue weighted by Crippen LogP contribution is -2.49. The summed E-state index contributed by atoms with van der Waals surface area (Å²) in [4.78, 5) is 15.5. The first kappa shape index (κ1) is 12.6. The predicted octanol–water partition coefficient (Wildman–Crippen LogP) is 2.06. The fourth-order valence-corrected chi connectivity index (χ4v) is 3.70. The number of aromatic nitrogens is 1. The predicted molar refractivity (Wildman–Crippen MR) is 78.9 cm³/mol. The van der Waals surface area contributed by atoms with Gasteiger partial charge in [-0.1, -0.05) is 19.3 Å². The maximum absolute atomic E-state index is 11.3. The minimum atomic E-state index is -0.630. The number of primary amides is 1. The van der Waals surface area contributed by atoms with Gasteiger partial charge in [0.2, 0.25) is 0 Å². The highest BCUT2D eigenvalue weighted by Gasteiger charge is 2.40. The van der Waals surface area contributed by atoms with Gasteiger partial charge >= 0.3 is 5.91 Å². The molecule has 2 heterocycles. The van der Waals surface area contributed by atoms with E-state index in [1.165, 1.54) is 19.3 Å². The third-order valence-corrected chi connectivity index (χ3v) is 4.66. The first-order valence-corrected chi connectivity index (χ1v) is 7.42. The quantitative estimate of drug-likeness (QED) is 0.746. The lowest BCUT2D eigenvalue weighted by Gasteiger charge is -2.43. The normalized spacial score (nSPS) is 20.2. The van der Waals surface area contributed by atoms with Crippen LogP contribution in [0, 0.1) is 0 Å². The number of nitrogens with one attached hydrogen (secondary N) is 2. The summed E-state index contributed by atoms with van der Waals surface area (Å²) in [5, 5.41) is 6.96. The van der Waals surface area contributed by atoms with E-state index >= 15 is 0 Å². The number of oxazole rings is 1. The smallest absolute Gasteiger partial charge is 0.304 e. The molecule has 6 nitrogen and oxygen atoms in total. The van der Waals surface area contributed by atoms with Crippen LogP contribution in [-0.4, -0.2) is 17.6 Å². The molecule has 4 N–H and O–H groups in total. The molecule has 0 atom stereocenters. The van der Waals surface area contributed by atoms with Crippen LogP contribution in [0.3, 0.4) is 0 Å². The molecule has 110 valence electrons. The molecule has 1 aliphatic carbocycles. The Balaban J connectivity index is 1.96. The third kappa shape index (κ3) is 1.82. The van der Waals surface area contributed by atoms with Gasteiger partial charge in [0, 0.05) is 11.3 Å². The number of benzene rings is 1. The Morgan fingerprint density at radius 2 is 2.10 bits per heavy atom. The van der Waals surface area contributed by atoms with Gasteiger partial charge < -0.3 is 15.5 Å². The number of nitrogens with two attached hydrogens (primary N) is 1. The molecule has 1 fully saturated rings. The first-order valence-electron chi connectivity index (χ1n) is 7.42. The monoisotopic (exact) mass is 286 g/mol. The number of hydrogen-bond donors (Lipinski definition) is 3. The van der Waals surface area contributed by atoms with Crippen LogP contribution in [0.25, 0.3) is 11.1 Å². The zero-order valence-electron chi connectivity index (χ0n) is 11.7. The maximum atomic E-state index is 11.3. The van der Waals surface area contributed by atoms with E-state index < -0.39 is 5.91 Å². The van der Waals surface area contributed by atoms with E-state index in [1.807, 2.05) is 12.1 Å². The summed E-state index contributed by atoms with van der Waals surface area (Å²) in [6.45, 7) is 0.745. The van der Waals surface area contributed by atoms with Gasteiger partial charge in [0.05, 0.1) is 12.2 Å². The summed E-state index contributed by atoms with van der Waals surface area (Å²) in [6.07, 6.45) is 5.81. The van der Waals surface area contributed by atoms with Crippen LogP contribution >= 0.6 is 0 Å². The number of nitrogens with zero attached hydrogens (tertiary/aromatic N) is 1. The maximum Gasteiger partial charge on any atom is 0.304 e. The summed E-state index contributed by atoms with van der Waals surface area (Å²) in [7, 11) is 0. The topological polar surface area (TPSA) is 93.2 Å². The van der Waals surface area contributed by atoms with Gasteiger partial charge in [-0.3, -0.25) is 10.1 Å². The molecule has 4 rings (SSSR count). The summed E-state index contributed by atoms with van der Waals surface area (Å²) < 4.78 is 5.69. The number of carbonyl (C=O) groups excluding carboxylic acids is 1. The van der Waals surface area contributed by atoms with Crippen LogP contribution in [0.1, 0.15) is 48.4 Å². The molecule has 1 aliphatic heterocycles. The largest absolute Gasteiger partial charge is 0.432 e. The summed E-state index contributed by atoms with van der Waals surface area (Å²) >= 11 is 0. The Kier molecular flexibility index (Phi) is 2.68.